The molecule has 3 N–H and O–H groups in total. The topological polar surface area (TPSA) is 71.2 Å². The van der Waals surface area contributed by atoms with E-state index in [0.717, 1.165) is 41.7 Å². The third-order valence-corrected chi connectivity index (χ3v) is 6.95. The molecule has 0 saturated carbocycles. The lowest BCUT2D eigenvalue weighted by Crippen LogP contribution is -2.39. The van der Waals surface area contributed by atoms with Gasteiger partial charge in [0.25, 0.3) is 5.91 Å². The van der Waals surface area contributed by atoms with Gasteiger partial charge in [-0.1, -0.05) is 17.7 Å². The molecule has 1 amide bonds. The van der Waals surface area contributed by atoms with Gasteiger partial charge in [0, 0.05) is 35.1 Å². The van der Waals surface area contributed by atoms with Crippen molar-refractivity contribution in [2.75, 3.05) is 29.0 Å². The summed E-state index contributed by atoms with van der Waals surface area (Å²) in [6.07, 6.45) is 2.32. The van der Waals surface area contributed by atoms with Crippen LogP contribution in [0.1, 0.15) is 39.7 Å². The van der Waals surface area contributed by atoms with Gasteiger partial charge in [0.15, 0.2) is 0 Å². The maximum absolute atomic E-state index is 12.9. The Labute approximate surface area is 166 Å². The Balaban J connectivity index is 1.55. The second-order valence-electron chi connectivity index (χ2n) is 7.27. The maximum Gasteiger partial charge on any atom is 0.267 e. The van der Waals surface area contributed by atoms with Gasteiger partial charge in [0.05, 0.1) is 17.1 Å². The summed E-state index contributed by atoms with van der Waals surface area (Å²) in [5.74, 6) is 0.311. The molecule has 5 nitrogen and oxygen atoms in total. The van der Waals surface area contributed by atoms with Crippen molar-refractivity contribution in [3.8, 4) is 0 Å². The van der Waals surface area contributed by atoms with Gasteiger partial charge in [-0.3, -0.25) is 4.79 Å². The first-order valence-electron chi connectivity index (χ1n) is 9.06. The Kier molecular flexibility index (Phi) is 3.81. The zero-order chi connectivity index (χ0) is 18.7. The Bertz CT molecular complexity index is 1090. The number of nitrogen functional groups attached to an aromatic ring is 1. The second kappa shape index (κ2) is 6.11. The number of nitrogens with one attached hydrogen (secondary N) is 1. The molecule has 0 unspecified atom stereocenters. The zero-order valence-corrected chi connectivity index (χ0v) is 16.5. The highest BCUT2D eigenvalue weighted by atomic mass is 35.5. The molecule has 1 aromatic carbocycles. The molecule has 7 heteroatoms. The first-order valence-corrected chi connectivity index (χ1v) is 10.3. The number of anilines is 3. The molecular weight excluding hydrogens is 380 g/mol. The summed E-state index contributed by atoms with van der Waals surface area (Å²) in [7, 11) is 0. The SMILES string of the molecule is Cc1ccc(Cl)cc1NC(=O)c1sc2nc3c(cc2c1N)N1CCC3CC1. The molecule has 3 aromatic rings. The minimum atomic E-state index is -0.220. The van der Waals surface area contributed by atoms with Crippen LogP contribution in [0.2, 0.25) is 5.02 Å². The Morgan fingerprint density at radius 3 is 2.89 bits per heavy atom. The predicted octanol–water partition coefficient (Wildman–Crippen LogP) is 4.79. The Morgan fingerprint density at radius 1 is 1.33 bits per heavy atom. The molecular formula is C20H19ClN4OS. The molecule has 0 radical (unpaired) electrons. The van der Waals surface area contributed by atoms with Crippen LogP contribution in [0.5, 0.6) is 0 Å². The van der Waals surface area contributed by atoms with Crippen molar-refractivity contribution in [3.05, 3.63) is 45.4 Å². The number of fused-ring (bicyclic) bond motifs is 3. The summed E-state index contributed by atoms with van der Waals surface area (Å²) in [4.78, 5) is 21.5. The molecule has 3 aliphatic rings. The number of carbonyl (C=O) groups is 1. The summed E-state index contributed by atoms with van der Waals surface area (Å²) in [6.45, 7) is 4.09. The number of amides is 1. The minimum Gasteiger partial charge on any atom is -0.397 e. The second-order valence-corrected chi connectivity index (χ2v) is 8.70. The van der Waals surface area contributed by atoms with Crippen LogP contribution in [0.3, 0.4) is 0 Å². The number of rotatable bonds is 2. The zero-order valence-electron chi connectivity index (χ0n) is 14.9. The first kappa shape index (κ1) is 16.8. The lowest BCUT2D eigenvalue weighted by molar-refractivity contribution is 0.103. The molecule has 2 aromatic heterocycles. The van der Waals surface area contributed by atoms with Crippen molar-refractivity contribution < 1.29 is 4.79 Å². The number of nitrogens with two attached hydrogens (primary N) is 1. The van der Waals surface area contributed by atoms with Crippen molar-refractivity contribution >= 4 is 56.1 Å². The van der Waals surface area contributed by atoms with Gasteiger partial charge >= 0.3 is 0 Å². The van der Waals surface area contributed by atoms with Crippen molar-refractivity contribution in [1.82, 2.24) is 4.98 Å². The number of piperidine rings is 1. The highest BCUT2D eigenvalue weighted by molar-refractivity contribution is 7.21. The van der Waals surface area contributed by atoms with Gasteiger partial charge < -0.3 is 16.0 Å². The van der Waals surface area contributed by atoms with E-state index in [1.807, 2.05) is 13.0 Å². The van der Waals surface area contributed by atoms with Gasteiger partial charge in [-0.05, 0) is 43.5 Å². The summed E-state index contributed by atoms with van der Waals surface area (Å²) in [5, 5.41) is 4.39. The molecule has 3 aliphatic heterocycles. The average Bonchev–Trinajstić information content (AvgIpc) is 3.00. The molecule has 138 valence electrons. The van der Waals surface area contributed by atoms with E-state index in [-0.39, 0.29) is 5.91 Å². The minimum absolute atomic E-state index is 0.220. The van der Waals surface area contributed by atoms with Gasteiger partial charge in [0.2, 0.25) is 0 Å². The monoisotopic (exact) mass is 398 g/mol. The lowest BCUT2D eigenvalue weighted by atomic mass is 9.86. The number of pyridine rings is 1. The number of nitrogens with zero attached hydrogens (tertiary/aromatic N) is 2. The molecule has 6 rings (SSSR count). The van der Waals surface area contributed by atoms with E-state index in [4.69, 9.17) is 22.3 Å². The summed E-state index contributed by atoms with van der Waals surface area (Å²) in [6, 6.07) is 7.56. The Hall–Kier alpha value is -2.31. The van der Waals surface area contributed by atoms with Crippen LogP contribution in [0.25, 0.3) is 10.2 Å². The molecule has 2 bridgehead atoms. The Morgan fingerprint density at radius 2 is 2.11 bits per heavy atom. The molecule has 0 atom stereocenters. The van der Waals surface area contributed by atoms with Crippen LogP contribution in [-0.4, -0.2) is 24.0 Å². The molecule has 1 fully saturated rings. The van der Waals surface area contributed by atoms with E-state index < -0.39 is 0 Å². The number of benzene rings is 1. The molecule has 0 spiro atoms. The quantitative estimate of drug-likeness (QED) is 0.651. The van der Waals surface area contributed by atoms with Crippen LogP contribution < -0.4 is 16.0 Å². The summed E-state index contributed by atoms with van der Waals surface area (Å²) < 4.78 is 0. The van der Waals surface area contributed by atoms with Crippen LogP contribution in [0.4, 0.5) is 17.1 Å². The van der Waals surface area contributed by atoms with E-state index in [2.05, 4.69) is 16.3 Å². The largest absolute Gasteiger partial charge is 0.397 e. The number of halogens is 1. The van der Waals surface area contributed by atoms with Crippen LogP contribution in [0, 0.1) is 6.92 Å². The van der Waals surface area contributed by atoms with Gasteiger partial charge in [-0.25, -0.2) is 4.98 Å². The number of hydrogen-bond acceptors (Lipinski definition) is 5. The molecule has 1 saturated heterocycles. The smallest absolute Gasteiger partial charge is 0.267 e. The van der Waals surface area contributed by atoms with Crippen LogP contribution >= 0.6 is 22.9 Å². The lowest BCUT2D eigenvalue weighted by Gasteiger charge is -2.41. The van der Waals surface area contributed by atoms with E-state index in [0.29, 0.717) is 27.2 Å². The van der Waals surface area contributed by atoms with E-state index >= 15 is 0 Å². The number of thiophene rings is 1. The van der Waals surface area contributed by atoms with Crippen LogP contribution in [-0.2, 0) is 0 Å². The average molecular weight is 399 g/mol. The van der Waals surface area contributed by atoms with E-state index in [9.17, 15) is 4.79 Å². The molecule has 0 aliphatic carbocycles. The van der Waals surface area contributed by atoms with Crippen molar-refractivity contribution in [3.63, 3.8) is 0 Å². The van der Waals surface area contributed by atoms with Gasteiger partial charge in [-0.15, -0.1) is 11.3 Å². The van der Waals surface area contributed by atoms with Crippen molar-refractivity contribution in [1.29, 1.82) is 0 Å². The van der Waals surface area contributed by atoms with E-state index in [1.165, 1.54) is 22.7 Å². The third kappa shape index (κ3) is 2.66. The number of aryl methyl sites for hydroxylation is 1. The summed E-state index contributed by atoms with van der Waals surface area (Å²) in [5.41, 5.74) is 10.9. The van der Waals surface area contributed by atoms with Crippen molar-refractivity contribution in [2.24, 2.45) is 0 Å². The number of hydrogen-bond donors (Lipinski definition) is 2. The maximum atomic E-state index is 12.9. The standard InChI is InChI=1S/C20H19ClN4OS/c1-10-2-3-12(21)8-14(10)23-19(26)18-16(22)13-9-15-17(24-20(13)27-18)11-4-6-25(15)7-5-11/h2-3,8-9,11H,4-7,22H2,1H3,(H,23,26). The fourth-order valence-corrected chi connectivity index (χ4v) is 5.22. The highest BCUT2D eigenvalue weighted by Gasteiger charge is 2.33. The number of aromatic nitrogens is 1. The van der Waals surface area contributed by atoms with Crippen molar-refractivity contribution in [2.45, 2.75) is 25.7 Å². The first-order chi connectivity index (χ1) is 13.0. The van der Waals surface area contributed by atoms with Crippen LogP contribution in [0.15, 0.2) is 24.3 Å². The molecule has 5 heterocycles. The fraction of sp³-hybridized carbons (Fsp3) is 0.300. The number of carbonyl (C=O) groups excluding carboxylic acids is 1. The third-order valence-electron chi connectivity index (χ3n) is 5.61. The highest BCUT2D eigenvalue weighted by Crippen LogP contribution is 2.45. The summed E-state index contributed by atoms with van der Waals surface area (Å²) >= 11 is 7.42. The van der Waals surface area contributed by atoms with Gasteiger partial charge in [-0.2, -0.15) is 0 Å². The van der Waals surface area contributed by atoms with Gasteiger partial charge in [0.1, 0.15) is 9.71 Å². The molecule has 27 heavy (non-hydrogen) atoms. The normalized spacial score (nSPS) is 16.0. The predicted molar refractivity (Wildman–Crippen MR) is 112 cm³/mol. The fourth-order valence-electron chi connectivity index (χ4n) is 4.07. The van der Waals surface area contributed by atoms with E-state index in [1.54, 1.807) is 12.1 Å².